The van der Waals surface area contributed by atoms with Crippen LogP contribution < -0.4 is 31.1 Å². The third kappa shape index (κ3) is 9.23. The van der Waals surface area contributed by atoms with Crippen molar-refractivity contribution < 1.29 is 32.7 Å². The van der Waals surface area contributed by atoms with Crippen molar-refractivity contribution >= 4 is 46.6 Å². The van der Waals surface area contributed by atoms with Crippen LogP contribution in [0.5, 0.6) is 0 Å². The highest BCUT2D eigenvalue weighted by Gasteiger charge is 2.33. The van der Waals surface area contributed by atoms with Crippen molar-refractivity contribution in [1.29, 1.82) is 0 Å². The lowest BCUT2D eigenvalue weighted by Crippen LogP contribution is -2.52. The summed E-state index contributed by atoms with van der Waals surface area (Å²) in [7, 11) is 0. The van der Waals surface area contributed by atoms with Gasteiger partial charge in [0.1, 0.15) is 24.2 Å². The molecule has 3 saturated heterocycles. The largest absolute Gasteiger partial charge is 0.374 e. The molecule has 308 valence electrons. The number of hydrogen-bond donors (Lipinski definition) is 4. The Hall–Kier alpha value is -5.22. The van der Waals surface area contributed by atoms with Gasteiger partial charge < -0.3 is 30.5 Å². The second-order valence-electron chi connectivity index (χ2n) is 16.1. The molecule has 0 radical (unpaired) electrons. The van der Waals surface area contributed by atoms with E-state index < -0.39 is 11.9 Å². The van der Waals surface area contributed by atoms with Gasteiger partial charge >= 0.3 is 0 Å². The summed E-state index contributed by atoms with van der Waals surface area (Å²) in [4.78, 5) is 64.2. The number of amides is 4. The third-order valence-electron chi connectivity index (χ3n) is 12.3. The summed E-state index contributed by atoms with van der Waals surface area (Å²) < 4.78 is 35.4. The van der Waals surface area contributed by atoms with Crippen LogP contribution in [0.1, 0.15) is 64.2 Å². The lowest BCUT2D eigenvalue weighted by atomic mass is 9.84. The predicted octanol–water partition coefficient (Wildman–Crippen LogP) is 4.22. The molecule has 14 nitrogen and oxygen atoms in total. The van der Waals surface area contributed by atoms with Crippen molar-refractivity contribution in [2.75, 3.05) is 66.4 Å². The van der Waals surface area contributed by atoms with Crippen molar-refractivity contribution in [2.24, 2.45) is 5.92 Å². The highest BCUT2D eigenvalue weighted by molar-refractivity contribution is 6.01. The van der Waals surface area contributed by atoms with E-state index in [0.717, 1.165) is 64.5 Å². The van der Waals surface area contributed by atoms with Crippen LogP contribution >= 0.6 is 0 Å². The van der Waals surface area contributed by atoms with Crippen LogP contribution in [-0.2, 0) is 23.9 Å². The zero-order chi connectivity index (χ0) is 40.2. The number of halogens is 2. The maximum atomic E-state index is 15.2. The Labute approximate surface area is 336 Å². The molecule has 4 heterocycles. The number of benzene rings is 2. The lowest BCUT2D eigenvalue weighted by Gasteiger charge is -2.43. The van der Waals surface area contributed by atoms with Crippen molar-refractivity contribution in [1.82, 2.24) is 25.5 Å². The summed E-state index contributed by atoms with van der Waals surface area (Å²) in [6.45, 7) is 4.00. The number of imide groups is 1. The lowest BCUT2D eigenvalue weighted by molar-refractivity contribution is -0.133. The first-order valence-corrected chi connectivity index (χ1v) is 20.6. The minimum atomic E-state index is -0.562. The molecule has 3 aromatic rings. The molecule has 2 aromatic carbocycles. The number of hydrogen-bond acceptors (Lipinski definition) is 11. The molecule has 3 aliphatic heterocycles. The number of morpholine rings is 1. The quantitative estimate of drug-likeness (QED) is 0.218. The molecular weight excluding hydrogens is 749 g/mol. The number of piperidine rings is 1. The first kappa shape index (κ1) is 39.6. The van der Waals surface area contributed by atoms with Gasteiger partial charge in [-0.3, -0.25) is 29.4 Å². The molecule has 5 fully saturated rings. The molecule has 2 saturated carbocycles. The van der Waals surface area contributed by atoms with Gasteiger partial charge in [0, 0.05) is 80.1 Å². The summed E-state index contributed by atoms with van der Waals surface area (Å²) in [5, 5.41) is 12.1. The molecule has 5 aliphatic rings. The maximum absolute atomic E-state index is 15.2. The predicted molar refractivity (Wildman–Crippen MR) is 214 cm³/mol. The topological polar surface area (TPSA) is 161 Å². The van der Waals surface area contributed by atoms with Crippen molar-refractivity contribution in [2.45, 2.75) is 88.4 Å². The summed E-state index contributed by atoms with van der Waals surface area (Å²) in [6.07, 6.45) is 8.70. The highest BCUT2D eigenvalue weighted by atomic mass is 19.1. The molecule has 2 aliphatic carbocycles. The van der Waals surface area contributed by atoms with E-state index in [-0.39, 0.29) is 66.2 Å². The number of carbonyl (C=O) groups excluding carboxylic acids is 4. The van der Waals surface area contributed by atoms with Gasteiger partial charge in [0.2, 0.25) is 23.7 Å². The van der Waals surface area contributed by atoms with Gasteiger partial charge in [0.05, 0.1) is 18.5 Å². The van der Waals surface area contributed by atoms with E-state index >= 15 is 4.39 Å². The monoisotopic (exact) mass is 799 g/mol. The average molecular weight is 800 g/mol. The molecule has 8 rings (SSSR count). The van der Waals surface area contributed by atoms with Crippen molar-refractivity contribution in [3.63, 3.8) is 0 Å². The Balaban J connectivity index is 0.754. The smallest absolute Gasteiger partial charge is 0.253 e. The Morgan fingerprint density at radius 3 is 2.34 bits per heavy atom. The van der Waals surface area contributed by atoms with Crippen LogP contribution in [-0.4, -0.2) is 109 Å². The van der Waals surface area contributed by atoms with E-state index in [1.165, 1.54) is 12.3 Å². The molecule has 0 bridgehead atoms. The molecule has 16 heteroatoms. The van der Waals surface area contributed by atoms with E-state index in [4.69, 9.17) is 4.74 Å². The molecular formula is C42H51F2N9O5. The minimum absolute atomic E-state index is 0.0205. The van der Waals surface area contributed by atoms with Gasteiger partial charge in [0.15, 0.2) is 5.82 Å². The maximum Gasteiger partial charge on any atom is 0.253 e. The number of anilines is 4. The summed E-state index contributed by atoms with van der Waals surface area (Å²) in [6, 6.07) is 12.2. The number of aromatic nitrogens is 2. The van der Waals surface area contributed by atoms with Crippen LogP contribution in [0.25, 0.3) is 11.3 Å². The van der Waals surface area contributed by atoms with Gasteiger partial charge in [-0.2, -0.15) is 0 Å². The van der Waals surface area contributed by atoms with Gasteiger partial charge in [-0.25, -0.2) is 18.7 Å². The SMILES string of the molecule is O=C1CCC(Nc2ccc(N3CCN(C4CCC(NC(=O)C5CCC(Nc6ncc(F)c(-c7cccc(N8CCOCC8=O)c7)n6)CC5)CC4)CC3)c(F)c2)C(=O)N1. The number of nitrogens with zero attached hydrogens (tertiary/aromatic N) is 5. The molecule has 4 amide bonds. The minimum Gasteiger partial charge on any atom is -0.374 e. The second-order valence-corrected chi connectivity index (χ2v) is 16.1. The van der Waals surface area contributed by atoms with Gasteiger partial charge in [-0.1, -0.05) is 12.1 Å². The van der Waals surface area contributed by atoms with Gasteiger partial charge in [0.25, 0.3) is 5.91 Å². The average Bonchev–Trinajstić information content (AvgIpc) is 3.23. The molecule has 4 N–H and O–H groups in total. The standard InChI is InChI=1S/C42H51F2N9O5/c43-33-23-30(46-35-13-15-37(54)49-41(35)57)10-14-36(33)52-18-16-51(17-19-52)31-11-8-28(9-12-31)47-40(56)26-4-6-29(7-5-26)48-42-45-24-34(44)39(50-42)27-2-1-3-32(22-27)53-20-21-58-25-38(53)55/h1-3,10,14,22-24,26,28-29,31,35,46H,4-9,11-13,15-21,25H2,(H,47,56)(H,45,48,50)(H,49,54,57). The highest BCUT2D eigenvalue weighted by Crippen LogP contribution is 2.32. The van der Waals surface area contributed by atoms with E-state index in [9.17, 15) is 23.6 Å². The third-order valence-corrected chi connectivity index (χ3v) is 12.3. The molecule has 1 unspecified atom stereocenters. The Kier molecular flexibility index (Phi) is 12.1. The fourth-order valence-electron chi connectivity index (χ4n) is 9.05. The van der Waals surface area contributed by atoms with Crippen LogP contribution in [0, 0.1) is 17.6 Å². The number of piperazine rings is 1. The normalized spacial score (nSPS) is 25.9. The summed E-state index contributed by atoms with van der Waals surface area (Å²) >= 11 is 0. The van der Waals surface area contributed by atoms with Crippen molar-refractivity contribution in [3.05, 3.63) is 60.3 Å². The molecule has 1 atom stereocenters. The first-order valence-electron chi connectivity index (χ1n) is 20.6. The number of rotatable bonds is 10. The Morgan fingerprint density at radius 1 is 0.828 bits per heavy atom. The number of ether oxygens (including phenoxy) is 1. The second kappa shape index (κ2) is 17.7. The number of carbonyl (C=O) groups is 4. The molecule has 0 spiro atoms. The fourth-order valence-corrected chi connectivity index (χ4v) is 9.05. The van der Waals surface area contributed by atoms with Crippen LogP contribution in [0.4, 0.5) is 31.8 Å². The summed E-state index contributed by atoms with van der Waals surface area (Å²) in [5.74, 6) is -1.31. The fraction of sp³-hybridized carbons (Fsp3) is 0.524. The zero-order valence-electron chi connectivity index (χ0n) is 32.6. The Morgan fingerprint density at radius 2 is 1.60 bits per heavy atom. The zero-order valence-corrected chi connectivity index (χ0v) is 32.6. The van der Waals surface area contributed by atoms with Gasteiger partial charge in [-0.05, 0) is 88.1 Å². The van der Waals surface area contributed by atoms with E-state index in [1.54, 1.807) is 35.2 Å². The van der Waals surface area contributed by atoms with E-state index in [1.807, 2.05) is 6.07 Å². The van der Waals surface area contributed by atoms with E-state index in [2.05, 4.69) is 41.0 Å². The summed E-state index contributed by atoms with van der Waals surface area (Å²) in [5.41, 5.74) is 2.44. The van der Waals surface area contributed by atoms with Crippen molar-refractivity contribution in [3.8, 4) is 11.3 Å². The first-order chi connectivity index (χ1) is 28.2. The van der Waals surface area contributed by atoms with Gasteiger partial charge in [-0.15, -0.1) is 0 Å². The Bertz CT molecular complexity index is 2000. The van der Waals surface area contributed by atoms with E-state index in [0.29, 0.717) is 67.3 Å². The molecule has 1 aromatic heterocycles. The molecule has 58 heavy (non-hydrogen) atoms. The van der Waals surface area contributed by atoms with Crippen LogP contribution in [0.2, 0.25) is 0 Å². The van der Waals surface area contributed by atoms with Crippen LogP contribution in [0.15, 0.2) is 48.7 Å². The number of nitrogens with one attached hydrogen (secondary N) is 4. The van der Waals surface area contributed by atoms with Crippen LogP contribution in [0.3, 0.4) is 0 Å².